The van der Waals surface area contributed by atoms with Crippen molar-refractivity contribution in [2.75, 3.05) is 37.8 Å². The number of unbranched alkanes of at least 4 members (excludes halogenated alkanes) is 4. The Balaban J connectivity index is 1.34. The lowest BCUT2D eigenvalue weighted by atomic mass is 9.87. The number of amides is 2. The van der Waals surface area contributed by atoms with Gasteiger partial charge >= 0.3 is 23.5 Å². The fourth-order valence-electron chi connectivity index (χ4n) is 5.93. The highest BCUT2D eigenvalue weighted by molar-refractivity contribution is 8.13. The van der Waals surface area contributed by atoms with Crippen LogP contribution in [0.1, 0.15) is 84.8 Å². The summed E-state index contributed by atoms with van der Waals surface area (Å²) >= 11 is 1.13. The standard InChI is InChI=1S/C37H60N7O17P3S/c1-4-5-6-7-8-9-10-11-12-13-14-15-16-17-28(46)65-21-20-39-27(45)18-19-40-35(49)32(48)37(2,3)23-58-64(55,56)61-63(53,54)57-22-26-31(60-62(50,51)52)30(47)36(59-26)44-25-43-29-33(38)41-24-42-34(29)44/h4-5,7-8,11-12,24-26,30-32,36,47-48H,6,9-10,13-23H2,1-3H3,(H,39,45)(H,40,49)(H,53,54)(H,55,56)(H2,38,41,42)(H2,50,51,52)/b5-4+,8-7+,12-11+. The summed E-state index contributed by atoms with van der Waals surface area (Å²) in [6.07, 6.45) is 13.1. The number of fused-ring (bicyclic) bond motifs is 1. The van der Waals surface area contributed by atoms with Crippen molar-refractivity contribution in [3.63, 3.8) is 0 Å². The third-order valence-electron chi connectivity index (χ3n) is 9.36. The monoisotopic (exact) mass is 999 g/mol. The first kappa shape index (κ1) is 56.1. The van der Waals surface area contributed by atoms with Crippen LogP contribution in [0, 0.1) is 5.41 Å². The first-order valence-corrected chi connectivity index (χ1v) is 26.0. The van der Waals surface area contributed by atoms with Crippen LogP contribution >= 0.6 is 35.2 Å². The number of nitrogens with zero attached hydrogens (tertiary/aromatic N) is 4. The van der Waals surface area contributed by atoms with E-state index in [1.807, 2.05) is 13.0 Å². The molecule has 10 N–H and O–H groups in total. The molecule has 65 heavy (non-hydrogen) atoms. The molecule has 0 aliphatic carbocycles. The number of imidazole rings is 1. The van der Waals surface area contributed by atoms with Gasteiger partial charge in [-0.15, -0.1) is 0 Å². The molecule has 28 heteroatoms. The van der Waals surface area contributed by atoms with E-state index in [0.717, 1.165) is 73.9 Å². The molecular formula is C37H60N7O17P3S. The van der Waals surface area contributed by atoms with Gasteiger partial charge in [0.25, 0.3) is 0 Å². The number of ether oxygens (including phenoxy) is 1. The minimum absolute atomic E-state index is 0.0311. The van der Waals surface area contributed by atoms with Crippen LogP contribution in [0.15, 0.2) is 49.1 Å². The molecule has 3 heterocycles. The number of nitrogen functional groups attached to an aromatic ring is 1. The van der Waals surface area contributed by atoms with Gasteiger partial charge in [-0.05, 0) is 45.4 Å². The number of phosphoric acid groups is 3. The lowest BCUT2D eigenvalue weighted by Crippen LogP contribution is -2.46. The molecule has 0 spiro atoms. The predicted molar refractivity (Wildman–Crippen MR) is 237 cm³/mol. The van der Waals surface area contributed by atoms with E-state index in [0.29, 0.717) is 12.2 Å². The van der Waals surface area contributed by atoms with Crippen LogP contribution in [-0.4, -0.2) is 123 Å². The first-order chi connectivity index (χ1) is 30.6. The van der Waals surface area contributed by atoms with Crippen molar-refractivity contribution in [3.05, 3.63) is 49.1 Å². The number of allylic oxidation sites excluding steroid dienone is 6. The maximum Gasteiger partial charge on any atom is 0.481 e. The molecule has 2 amide bonds. The summed E-state index contributed by atoms with van der Waals surface area (Å²) in [6.45, 7) is 2.53. The summed E-state index contributed by atoms with van der Waals surface area (Å²) in [5.74, 6) is -1.06. The lowest BCUT2D eigenvalue weighted by molar-refractivity contribution is -0.137. The molecule has 366 valence electrons. The molecule has 3 rings (SSSR count). The zero-order chi connectivity index (χ0) is 48.3. The molecule has 2 aromatic rings. The normalized spacial score (nSPS) is 20.7. The summed E-state index contributed by atoms with van der Waals surface area (Å²) < 4.78 is 62.4. The molecule has 24 nitrogen and oxygen atoms in total. The first-order valence-electron chi connectivity index (χ1n) is 20.5. The SMILES string of the molecule is C/C=C/C/C=C/CC/C=C/CCCCCC(=O)SCCNC(=O)CCNC(=O)C(O)C(C)(C)COP(=O)(O)OP(=O)(O)OCC1OC(n2cnc3c(N)ncnc32)C(O)C1OP(=O)(O)O. The van der Waals surface area contributed by atoms with Crippen LogP contribution in [0.25, 0.3) is 11.2 Å². The van der Waals surface area contributed by atoms with Crippen molar-refractivity contribution in [2.45, 2.75) is 109 Å². The van der Waals surface area contributed by atoms with Gasteiger partial charge < -0.3 is 50.9 Å². The van der Waals surface area contributed by atoms with Crippen molar-refractivity contribution < 1.29 is 80.5 Å². The maximum absolute atomic E-state index is 12.7. The van der Waals surface area contributed by atoms with Gasteiger partial charge in [0.1, 0.15) is 36.3 Å². The number of nitrogens with one attached hydrogen (secondary N) is 2. The van der Waals surface area contributed by atoms with E-state index in [9.17, 15) is 57.9 Å². The molecule has 7 unspecified atom stereocenters. The number of anilines is 1. The average molecular weight is 1000 g/mol. The predicted octanol–water partition coefficient (Wildman–Crippen LogP) is 3.47. The molecule has 2 aromatic heterocycles. The molecule has 7 atom stereocenters. The van der Waals surface area contributed by atoms with E-state index in [1.54, 1.807) is 0 Å². The van der Waals surface area contributed by atoms with Gasteiger partial charge in [0, 0.05) is 37.1 Å². The minimum atomic E-state index is -5.58. The smallest absolute Gasteiger partial charge is 0.386 e. The molecule has 0 radical (unpaired) electrons. The topological polar surface area (TPSA) is 364 Å². The number of aliphatic hydroxyl groups excluding tert-OH is 2. The summed E-state index contributed by atoms with van der Waals surface area (Å²) in [5.41, 5.74) is 4.27. The summed E-state index contributed by atoms with van der Waals surface area (Å²) in [4.78, 5) is 88.2. The largest absolute Gasteiger partial charge is 0.481 e. The number of rotatable bonds is 30. The molecule has 0 bridgehead atoms. The Labute approximate surface area is 380 Å². The highest BCUT2D eigenvalue weighted by Gasteiger charge is 2.50. The molecule has 0 saturated carbocycles. The molecule has 1 aliphatic heterocycles. The Bertz CT molecular complexity index is 2100. The van der Waals surface area contributed by atoms with E-state index < -0.39 is 84.6 Å². The second kappa shape index (κ2) is 26.9. The van der Waals surface area contributed by atoms with Crippen molar-refractivity contribution >= 4 is 69.1 Å². The maximum atomic E-state index is 12.7. The molecule has 1 aliphatic rings. The number of hydrogen-bond acceptors (Lipinski definition) is 18. The van der Waals surface area contributed by atoms with Gasteiger partial charge in [-0.25, -0.2) is 28.6 Å². The van der Waals surface area contributed by atoms with E-state index in [2.05, 4.69) is 64.8 Å². The van der Waals surface area contributed by atoms with Crippen LogP contribution in [-0.2, 0) is 50.7 Å². The van der Waals surface area contributed by atoms with Gasteiger partial charge in [0.05, 0.1) is 19.5 Å². The van der Waals surface area contributed by atoms with E-state index in [4.69, 9.17) is 19.5 Å². The number of aromatic nitrogens is 4. The van der Waals surface area contributed by atoms with Crippen molar-refractivity contribution in [1.29, 1.82) is 0 Å². The quantitative estimate of drug-likeness (QED) is 0.0307. The zero-order valence-electron chi connectivity index (χ0n) is 36.2. The van der Waals surface area contributed by atoms with E-state index in [1.165, 1.54) is 13.8 Å². The number of thioether (sulfide) groups is 1. The third-order valence-corrected chi connectivity index (χ3v) is 13.4. The van der Waals surface area contributed by atoms with Crippen LogP contribution in [0.5, 0.6) is 0 Å². The minimum Gasteiger partial charge on any atom is -0.386 e. The second-order valence-electron chi connectivity index (χ2n) is 15.2. The zero-order valence-corrected chi connectivity index (χ0v) is 39.7. The van der Waals surface area contributed by atoms with Gasteiger partial charge in [-0.3, -0.25) is 32.5 Å². The average Bonchev–Trinajstić information content (AvgIpc) is 3.79. The van der Waals surface area contributed by atoms with Crippen LogP contribution in [0.2, 0.25) is 0 Å². The van der Waals surface area contributed by atoms with Crippen molar-refractivity contribution in [2.24, 2.45) is 5.41 Å². The number of aliphatic hydroxyl groups is 2. The Morgan fingerprint density at radius 2 is 1.63 bits per heavy atom. The Kier molecular flexibility index (Phi) is 23.3. The summed E-state index contributed by atoms with van der Waals surface area (Å²) in [7, 11) is -16.4. The van der Waals surface area contributed by atoms with Crippen LogP contribution < -0.4 is 16.4 Å². The fraction of sp³-hybridized carbons (Fsp3) is 0.622. The van der Waals surface area contributed by atoms with Gasteiger partial charge in [-0.1, -0.05) is 68.5 Å². The summed E-state index contributed by atoms with van der Waals surface area (Å²) in [5, 5.41) is 26.6. The molecule has 1 saturated heterocycles. The molecular weight excluding hydrogens is 939 g/mol. The summed E-state index contributed by atoms with van der Waals surface area (Å²) in [6, 6.07) is 0. The van der Waals surface area contributed by atoms with E-state index in [-0.39, 0.29) is 41.6 Å². The number of hydrogen-bond donors (Lipinski definition) is 9. The Morgan fingerprint density at radius 3 is 2.34 bits per heavy atom. The number of phosphoric ester groups is 3. The lowest BCUT2D eigenvalue weighted by Gasteiger charge is -2.30. The van der Waals surface area contributed by atoms with E-state index >= 15 is 0 Å². The molecule has 0 aromatic carbocycles. The second-order valence-corrected chi connectivity index (χ2v) is 20.6. The van der Waals surface area contributed by atoms with Crippen molar-refractivity contribution in [1.82, 2.24) is 30.2 Å². The number of carbonyl (C=O) groups excluding carboxylic acids is 3. The van der Waals surface area contributed by atoms with Crippen LogP contribution in [0.3, 0.4) is 0 Å². The number of carbonyl (C=O) groups is 3. The highest BCUT2D eigenvalue weighted by atomic mass is 32.2. The molecule has 1 fully saturated rings. The van der Waals surface area contributed by atoms with Crippen LogP contribution in [0.4, 0.5) is 5.82 Å². The van der Waals surface area contributed by atoms with Crippen molar-refractivity contribution in [3.8, 4) is 0 Å². The third kappa shape index (κ3) is 20.3. The Morgan fingerprint density at radius 1 is 0.938 bits per heavy atom. The fourth-order valence-corrected chi connectivity index (χ4v) is 9.48. The van der Waals surface area contributed by atoms with Gasteiger partial charge in [0.2, 0.25) is 11.8 Å². The van der Waals surface area contributed by atoms with Gasteiger partial charge in [0.15, 0.2) is 22.8 Å². The van der Waals surface area contributed by atoms with Gasteiger partial charge in [-0.2, -0.15) is 4.31 Å². The number of nitrogens with two attached hydrogens (primary N) is 1. The highest BCUT2D eigenvalue weighted by Crippen LogP contribution is 2.61. The Hall–Kier alpha value is -3.22.